The third kappa shape index (κ3) is 3.39. The molecule has 108 valence electrons. The van der Waals surface area contributed by atoms with Gasteiger partial charge in [0.1, 0.15) is 0 Å². The number of carboxylic acids is 1. The summed E-state index contributed by atoms with van der Waals surface area (Å²) < 4.78 is 0. The quantitative estimate of drug-likeness (QED) is 0.823. The van der Waals surface area contributed by atoms with Crippen LogP contribution in [0.3, 0.4) is 0 Å². The second-order valence-corrected chi connectivity index (χ2v) is 6.23. The fraction of sp³-hybridized carbons (Fsp3) is 0.857. The highest BCUT2D eigenvalue weighted by Crippen LogP contribution is 2.30. The molecule has 0 aromatic rings. The molecule has 2 rings (SSSR count). The highest BCUT2D eigenvalue weighted by Gasteiger charge is 2.42. The number of hydrogen-bond acceptors (Lipinski definition) is 2. The lowest BCUT2D eigenvalue weighted by Gasteiger charge is -2.24. The van der Waals surface area contributed by atoms with Gasteiger partial charge < -0.3 is 15.3 Å². The molecule has 19 heavy (non-hydrogen) atoms. The SMILES string of the molecule is CC1(C(=O)O)CCN(C(=O)NCC2CCCCC2)C1. The molecular formula is C14H24N2O3. The van der Waals surface area contributed by atoms with Crippen LogP contribution in [0.2, 0.25) is 0 Å². The van der Waals surface area contributed by atoms with Gasteiger partial charge in [-0.2, -0.15) is 0 Å². The van der Waals surface area contributed by atoms with Gasteiger partial charge in [0.15, 0.2) is 0 Å². The summed E-state index contributed by atoms with van der Waals surface area (Å²) in [4.78, 5) is 24.8. The van der Waals surface area contributed by atoms with Crippen molar-refractivity contribution in [1.29, 1.82) is 0 Å². The number of carboxylic acid groups (broad SMARTS) is 1. The molecule has 0 aromatic carbocycles. The molecule has 1 saturated carbocycles. The van der Waals surface area contributed by atoms with Gasteiger partial charge in [-0.1, -0.05) is 19.3 Å². The van der Waals surface area contributed by atoms with Crippen molar-refractivity contribution in [2.75, 3.05) is 19.6 Å². The number of carbonyl (C=O) groups excluding carboxylic acids is 1. The molecule has 0 aromatic heterocycles. The zero-order chi connectivity index (χ0) is 13.9. The van der Waals surface area contributed by atoms with E-state index in [4.69, 9.17) is 5.11 Å². The Bertz CT molecular complexity index is 353. The van der Waals surface area contributed by atoms with Crippen LogP contribution < -0.4 is 5.32 Å². The molecule has 1 aliphatic carbocycles. The van der Waals surface area contributed by atoms with Gasteiger partial charge >= 0.3 is 12.0 Å². The van der Waals surface area contributed by atoms with Gasteiger partial charge in [-0.25, -0.2) is 4.79 Å². The average Bonchev–Trinajstić information content (AvgIpc) is 2.81. The Labute approximate surface area is 114 Å². The molecule has 1 unspecified atom stereocenters. The molecule has 2 N–H and O–H groups in total. The fourth-order valence-electron chi connectivity index (χ4n) is 3.04. The molecule has 1 atom stereocenters. The summed E-state index contributed by atoms with van der Waals surface area (Å²) in [6.07, 6.45) is 6.79. The highest BCUT2D eigenvalue weighted by molar-refractivity contribution is 5.79. The number of carbonyl (C=O) groups is 2. The van der Waals surface area contributed by atoms with Crippen LogP contribution >= 0.6 is 0 Å². The summed E-state index contributed by atoms with van der Waals surface area (Å²) in [5.41, 5.74) is -0.776. The van der Waals surface area contributed by atoms with E-state index in [1.54, 1.807) is 11.8 Å². The Balaban J connectivity index is 1.76. The van der Waals surface area contributed by atoms with Crippen LogP contribution in [-0.4, -0.2) is 41.6 Å². The monoisotopic (exact) mass is 268 g/mol. The lowest BCUT2D eigenvalue weighted by molar-refractivity contribution is -0.146. The zero-order valence-electron chi connectivity index (χ0n) is 11.7. The first-order valence-electron chi connectivity index (χ1n) is 7.27. The predicted molar refractivity (Wildman–Crippen MR) is 71.9 cm³/mol. The summed E-state index contributed by atoms with van der Waals surface area (Å²) >= 11 is 0. The third-order valence-corrected chi connectivity index (χ3v) is 4.54. The normalized spacial score (nSPS) is 28.4. The Hall–Kier alpha value is -1.26. The standard InChI is InChI=1S/C14H24N2O3/c1-14(12(17)18)7-8-16(10-14)13(19)15-9-11-5-3-2-4-6-11/h11H,2-10H2,1H3,(H,15,19)(H,17,18). The molecule has 5 nitrogen and oxygen atoms in total. The van der Waals surface area contributed by atoms with E-state index in [2.05, 4.69) is 5.32 Å². The summed E-state index contributed by atoms with van der Waals surface area (Å²) in [5, 5.41) is 12.1. The van der Waals surface area contributed by atoms with E-state index in [1.807, 2.05) is 0 Å². The van der Waals surface area contributed by atoms with Crippen molar-refractivity contribution in [2.45, 2.75) is 45.4 Å². The molecule has 1 saturated heterocycles. The lowest BCUT2D eigenvalue weighted by atomic mass is 9.89. The van der Waals surface area contributed by atoms with E-state index in [0.717, 1.165) is 6.54 Å². The van der Waals surface area contributed by atoms with Crippen LogP contribution in [-0.2, 0) is 4.79 Å². The minimum atomic E-state index is -0.810. The Kier molecular flexibility index (Phi) is 4.32. The van der Waals surface area contributed by atoms with E-state index in [-0.39, 0.29) is 6.03 Å². The Morgan fingerprint density at radius 2 is 2.00 bits per heavy atom. The van der Waals surface area contributed by atoms with Gasteiger partial charge in [0.25, 0.3) is 0 Å². The third-order valence-electron chi connectivity index (χ3n) is 4.54. The van der Waals surface area contributed by atoms with Crippen LogP contribution in [0.15, 0.2) is 0 Å². The smallest absolute Gasteiger partial charge is 0.317 e. The van der Waals surface area contributed by atoms with E-state index in [0.29, 0.717) is 25.4 Å². The van der Waals surface area contributed by atoms with Gasteiger partial charge in [0, 0.05) is 19.6 Å². The van der Waals surface area contributed by atoms with Crippen molar-refractivity contribution in [1.82, 2.24) is 10.2 Å². The van der Waals surface area contributed by atoms with Crippen molar-refractivity contribution < 1.29 is 14.7 Å². The predicted octanol–water partition coefficient (Wildman–Crippen LogP) is 2.07. The largest absolute Gasteiger partial charge is 0.481 e. The van der Waals surface area contributed by atoms with E-state index < -0.39 is 11.4 Å². The number of hydrogen-bond donors (Lipinski definition) is 2. The van der Waals surface area contributed by atoms with Crippen molar-refractivity contribution in [3.8, 4) is 0 Å². The van der Waals surface area contributed by atoms with Crippen molar-refractivity contribution >= 4 is 12.0 Å². The number of amides is 2. The molecule has 1 aliphatic heterocycles. The summed E-state index contributed by atoms with van der Waals surface area (Å²) in [6, 6.07) is -0.101. The van der Waals surface area contributed by atoms with Gasteiger partial charge in [-0.3, -0.25) is 4.79 Å². The van der Waals surface area contributed by atoms with E-state index in [1.165, 1.54) is 32.1 Å². The van der Waals surface area contributed by atoms with Gasteiger partial charge in [0.05, 0.1) is 5.41 Å². The Morgan fingerprint density at radius 1 is 1.32 bits per heavy atom. The number of nitrogens with zero attached hydrogens (tertiary/aromatic N) is 1. The first-order valence-corrected chi connectivity index (χ1v) is 7.27. The zero-order valence-corrected chi connectivity index (χ0v) is 11.7. The first kappa shape index (κ1) is 14.2. The number of urea groups is 1. The number of likely N-dealkylation sites (tertiary alicyclic amines) is 1. The highest BCUT2D eigenvalue weighted by atomic mass is 16.4. The maximum atomic E-state index is 12.0. The minimum Gasteiger partial charge on any atom is -0.481 e. The van der Waals surface area contributed by atoms with Crippen LogP contribution in [0, 0.1) is 11.3 Å². The number of nitrogens with one attached hydrogen (secondary N) is 1. The molecule has 0 radical (unpaired) electrons. The van der Waals surface area contributed by atoms with Crippen LogP contribution in [0.4, 0.5) is 4.79 Å². The molecule has 0 spiro atoms. The molecule has 5 heteroatoms. The number of aliphatic carboxylic acids is 1. The van der Waals surface area contributed by atoms with Crippen LogP contribution in [0.1, 0.15) is 45.4 Å². The summed E-state index contributed by atoms with van der Waals surface area (Å²) in [5.74, 6) is -0.207. The van der Waals surface area contributed by atoms with Crippen LogP contribution in [0.5, 0.6) is 0 Å². The fourth-order valence-corrected chi connectivity index (χ4v) is 3.04. The average molecular weight is 268 g/mol. The van der Waals surface area contributed by atoms with Gasteiger partial charge in [0.2, 0.25) is 0 Å². The molecule has 2 amide bonds. The van der Waals surface area contributed by atoms with E-state index in [9.17, 15) is 9.59 Å². The molecule has 0 bridgehead atoms. The molecular weight excluding hydrogens is 244 g/mol. The van der Waals surface area contributed by atoms with Gasteiger partial charge in [-0.05, 0) is 32.1 Å². The minimum absolute atomic E-state index is 0.101. The summed E-state index contributed by atoms with van der Waals surface area (Å²) in [6.45, 7) is 3.31. The maximum absolute atomic E-state index is 12.0. The molecule has 2 aliphatic rings. The van der Waals surface area contributed by atoms with Gasteiger partial charge in [-0.15, -0.1) is 0 Å². The summed E-state index contributed by atoms with van der Waals surface area (Å²) in [7, 11) is 0. The maximum Gasteiger partial charge on any atom is 0.317 e. The van der Waals surface area contributed by atoms with E-state index >= 15 is 0 Å². The number of rotatable bonds is 3. The molecule has 1 heterocycles. The Morgan fingerprint density at radius 3 is 2.58 bits per heavy atom. The topological polar surface area (TPSA) is 69.6 Å². The van der Waals surface area contributed by atoms with Crippen LogP contribution in [0.25, 0.3) is 0 Å². The second-order valence-electron chi connectivity index (χ2n) is 6.23. The first-order chi connectivity index (χ1) is 9.01. The lowest BCUT2D eigenvalue weighted by Crippen LogP contribution is -2.42. The van der Waals surface area contributed by atoms with Crippen molar-refractivity contribution in [3.05, 3.63) is 0 Å². The second kappa shape index (κ2) is 5.80. The van der Waals surface area contributed by atoms with Crippen molar-refractivity contribution in [2.24, 2.45) is 11.3 Å². The van der Waals surface area contributed by atoms with Crippen molar-refractivity contribution in [3.63, 3.8) is 0 Å². The molecule has 2 fully saturated rings.